The van der Waals surface area contributed by atoms with Gasteiger partial charge in [-0.3, -0.25) is 0 Å². The molecule has 0 aliphatic carbocycles. The van der Waals surface area contributed by atoms with Gasteiger partial charge in [0, 0.05) is 7.11 Å². The highest BCUT2D eigenvalue weighted by molar-refractivity contribution is 5.44. The molecule has 2 aromatic heterocycles. The van der Waals surface area contributed by atoms with Gasteiger partial charge in [0.05, 0.1) is 12.1 Å². The summed E-state index contributed by atoms with van der Waals surface area (Å²) in [6.45, 7) is 4.51. The molecule has 2 aromatic rings. The summed E-state index contributed by atoms with van der Waals surface area (Å²) in [5.41, 5.74) is -0.124. The van der Waals surface area contributed by atoms with E-state index in [1.54, 1.807) is 19.2 Å². The molecule has 0 radical (unpaired) electrons. The number of hydrogen-bond donors (Lipinski definition) is 2. The number of nitrogens with one attached hydrogen (secondary N) is 2. The number of methoxy groups -OCH3 is 1. The van der Waals surface area contributed by atoms with Gasteiger partial charge < -0.3 is 10.1 Å². The van der Waals surface area contributed by atoms with Crippen LogP contribution in [0.3, 0.4) is 0 Å². The van der Waals surface area contributed by atoms with Gasteiger partial charge in [0.15, 0.2) is 5.65 Å². The number of rotatable bonds is 4. The predicted molar refractivity (Wildman–Crippen MR) is 63.2 cm³/mol. The van der Waals surface area contributed by atoms with Crippen molar-refractivity contribution < 1.29 is 4.74 Å². The number of nitrogens with zero attached hydrogens (tertiary/aromatic N) is 3. The van der Waals surface area contributed by atoms with Gasteiger partial charge in [-0.2, -0.15) is 9.61 Å². The van der Waals surface area contributed by atoms with E-state index in [-0.39, 0.29) is 11.2 Å². The summed E-state index contributed by atoms with van der Waals surface area (Å²) in [7, 11) is 1.64. The lowest BCUT2D eigenvalue weighted by Gasteiger charge is -2.25. The average Bonchev–Trinajstić information content (AvgIpc) is 2.60. The molecule has 0 aliphatic heterocycles. The van der Waals surface area contributed by atoms with E-state index in [0.29, 0.717) is 18.1 Å². The highest BCUT2D eigenvalue weighted by atomic mass is 16.5. The fourth-order valence-electron chi connectivity index (χ4n) is 1.61. The number of fused-ring (bicyclic) bond motifs is 1. The smallest absolute Gasteiger partial charge is 0.364 e. The molecule has 0 saturated heterocycles. The topological polar surface area (TPSA) is 84.3 Å². The summed E-state index contributed by atoms with van der Waals surface area (Å²) >= 11 is 0. The lowest BCUT2D eigenvalue weighted by Crippen LogP contribution is -2.36. The summed E-state index contributed by atoms with van der Waals surface area (Å²) in [5.74, 6) is 0.600. The second-order valence-corrected chi connectivity index (χ2v) is 4.46. The Hall–Kier alpha value is -1.89. The van der Waals surface area contributed by atoms with Crippen LogP contribution in [-0.4, -0.2) is 39.1 Å². The quantitative estimate of drug-likeness (QED) is 0.796. The van der Waals surface area contributed by atoms with Gasteiger partial charge >= 0.3 is 5.69 Å². The Bertz CT molecular complexity index is 571. The fraction of sp³-hybridized carbons (Fsp3) is 0.500. The minimum absolute atomic E-state index is 0.261. The van der Waals surface area contributed by atoms with Crippen LogP contribution in [0.15, 0.2) is 16.9 Å². The molecule has 7 heteroatoms. The monoisotopic (exact) mass is 237 g/mol. The second-order valence-electron chi connectivity index (χ2n) is 4.46. The first-order valence-corrected chi connectivity index (χ1v) is 5.23. The molecule has 0 unspecified atom stereocenters. The molecular weight excluding hydrogens is 222 g/mol. The molecule has 2 rings (SSSR count). The highest BCUT2D eigenvalue weighted by Crippen LogP contribution is 2.12. The molecule has 2 N–H and O–H groups in total. The summed E-state index contributed by atoms with van der Waals surface area (Å²) in [4.78, 5) is 11.4. The van der Waals surface area contributed by atoms with Crippen molar-refractivity contribution in [3.63, 3.8) is 0 Å². The minimum Gasteiger partial charge on any atom is -0.382 e. The van der Waals surface area contributed by atoms with Crippen LogP contribution in [0.5, 0.6) is 0 Å². The van der Waals surface area contributed by atoms with Crippen LogP contribution in [-0.2, 0) is 4.74 Å². The predicted octanol–water partition coefficient (Wildman–Crippen LogP) is 0.254. The van der Waals surface area contributed by atoms with E-state index in [2.05, 4.69) is 20.6 Å². The molecule has 0 spiro atoms. The van der Waals surface area contributed by atoms with Crippen LogP contribution in [0.4, 0.5) is 5.82 Å². The maximum Gasteiger partial charge on any atom is 0.364 e. The lowest BCUT2D eigenvalue weighted by atomic mass is 10.1. The van der Waals surface area contributed by atoms with Gasteiger partial charge in [0.25, 0.3) is 0 Å². The summed E-state index contributed by atoms with van der Waals surface area (Å²) in [5, 5.41) is 13.5. The zero-order valence-electron chi connectivity index (χ0n) is 10.0. The Morgan fingerprint density at radius 3 is 3.00 bits per heavy atom. The fourth-order valence-corrected chi connectivity index (χ4v) is 1.61. The number of ether oxygens (including phenoxy) is 1. The van der Waals surface area contributed by atoms with Crippen LogP contribution in [0, 0.1) is 0 Å². The van der Waals surface area contributed by atoms with E-state index in [4.69, 9.17) is 4.74 Å². The average molecular weight is 237 g/mol. The number of anilines is 1. The van der Waals surface area contributed by atoms with Crippen LogP contribution >= 0.6 is 0 Å². The number of aromatic amines is 1. The van der Waals surface area contributed by atoms with Gasteiger partial charge in [0.2, 0.25) is 0 Å². The van der Waals surface area contributed by atoms with Crippen LogP contribution in [0.25, 0.3) is 5.65 Å². The van der Waals surface area contributed by atoms with E-state index in [9.17, 15) is 4.79 Å². The first kappa shape index (κ1) is 11.6. The largest absolute Gasteiger partial charge is 0.382 e. The molecule has 0 aromatic carbocycles. The third-order valence-electron chi connectivity index (χ3n) is 2.25. The molecule has 0 atom stereocenters. The van der Waals surface area contributed by atoms with E-state index in [1.165, 1.54) is 4.52 Å². The van der Waals surface area contributed by atoms with E-state index < -0.39 is 0 Å². The van der Waals surface area contributed by atoms with Crippen molar-refractivity contribution in [3.05, 3.63) is 22.6 Å². The van der Waals surface area contributed by atoms with E-state index in [0.717, 1.165) is 0 Å². The van der Waals surface area contributed by atoms with Gasteiger partial charge in [0.1, 0.15) is 5.82 Å². The standard InChI is InChI=1S/C10H15N5O2/c1-10(2,6-17-3)11-7-4-5-8-12-13-9(16)15(8)14-7/h4-5H,6H2,1-3H3,(H,11,14)(H,13,16). The summed E-state index contributed by atoms with van der Waals surface area (Å²) in [6, 6.07) is 3.49. The Labute approximate surface area is 97.8 Å². The summed E-state index contributed by atoms with van der Waals surface area (Å²) < 4.78 is 6.31. The van der Waals surface area contributed by atoms with Crippen LogP contribution in [0.2, 0.25) is 0 Å². The molecular formula is C10H15N5O2. The third-order valence-corrected chi connectivity index (χ3v) is 2.25. The van der Waals surface area contributed by atoms with Crippen LogP contribution < -0.4 is 11.0 Å². The molecule has 0 bridgehead atoms. The lowest BCUT2D eigenvalue weighted by molar-refractivity contribution is 0.158. The SMILES string of the molecule is COCC(C)(C)Nc1ccc2n[nH]c(=O)n2n1. The molecule has 0 aliphatic rings. The van der Waals surface area contributed by atoms with Crippen molar-refractivity contribution in [3.8, 4) is 0 Å². The first-order chi connectivity index (χ1) is 8.02. The van der Waals surface area contributed by atoms with Crippen molar-refractivity contribution in [2.75, 3.05) is 19.0 Å². The van der Waals surface area contributed by atoms with Crippen molar-refractivity contribution in [1.82, 2.24) is 19.8 Å². The van der Waals surface area contributed by atoms with Gasteiger partial charge in [-0.25, -0.2) is 9.89 Å². The zero-order valence-corrected chi connectivity index (χ0v) is 10.0. The normalized spacial score (nSPS) is 11.9. The Balaban J connectivity index is 2.30. The van der Waals surface area contributed by atoms with E-state index >= 15 is 0 Å². The molecule has 17 heavy (non-hydrogen) atoms. The Kier molecular flexibility index (Phi) is 2.84. The van der Waals surface area contributed by atoms with Crippen molar-refractivity contribution in [2.45, 2.75) is 19.4 Å². The molecule has 7 nitrogen and oxygen atoms in total. The van der Waals surface area contributed by atoms with Crippen molar-refractivity contribution in [2.24, 2.45) is 0 Å². The number of hydrogen-bond acceptors (Lipinski definition) is 5. The highest BCUT2D eigenvalue weighted by Gasteiger charge is 2.18. The van der Waals surface area contributed by atoms with Crippen LogP contribution in [0.1, 0.15) is 13.8 Å². The van der Waals surface area contributed by atoms with Gasteiger partial charge in [-0.1, -0.05) is 0 Å². The van der Waals surface area contributed by atoms with Crippen molar-refractivity contribution >= 4 is 11.5 Å². The third kappa shape index (κ3) is 2.44. The zero-order chi connectivity index (χ0) is 12.5. The first-order valence-electron chi connectivity index (χ1n) is 5.23. The summed E-state index contributed by atoms with van der Waals surface area (Å²) in [6.07, 6.45) is 0. The second kappa shape index (κ2) is 4.17. The Morgan fingerprint density at radius 1 is 1.53 bits per heavy atom. The molecule has 2 heterocycles. The van der Waals surface area contributed by atoms with Gasteiger partial charge in [-0.15, -0.1) is 5.10 Å². The molecule has 0 amide bonds. The molecule has 0 saturated carbocycles. The Morgan fingerprint density at radius 2 is 2.29 bits per heavy atom. The molecule has 0 fully saturated rings. The van der Waals surface area contributed by atoms with Crippen molar-refractivity contribution in [1.29, 1.82) is 0 Å². The maximum absolute atomic E-state index is 11.4. The molecule has 92 valence electrons. The van der Waals surface area contributed by atoms with E-state index in [1.807, 2.05) is 13.8 Å². The number of aromatic nitrogens is 4. The van der Waals surface area contributed by atoms with Gasteiger partial charge in [-0.05, 0) is 26.0 Å². The maximum atomic E-state index is 11.4. The minimum atomic E-state index is -0.354. The number of H-pyrrole nitrogens is 1.